The second-order valence-corrected chi connectivity index (χ2v) is 8.61. The fourth-order valence-electron chi connectivity index (χ4n) is 4.03. The number of nitrogens with zero attached hydrogens (tertiary/aromatic N) is 1. The van der Waals surface area contributed by atoms with Crippen molar-refractivity contribution in [2.24, 2.45) is 16.5 Å². The predicted molar refractivity (Wildman–Crippen MR) is 154 cm³/mol. The Hall–Kier alpha value is -2.46. The maximum Gasteiger partial charge on any atom is 0.0443 e. The Labute approximate surface area is 209 Å². The van der Waals surface area contributed by atoms with Crippen LogP contribution in [-0.4, -0.2) is 25.0 Å². The fourth-order valence-corrected chi connectivity index (χ4v) is 4.03. The zero-order valence-corrected chi connectivity index (χ0v) is 23.1. The molecule has 0 fully saturated rings. The second-order valence-electron chi connectivity index (χ2n) is 8.61. The Morgan fingerprint density at radius 1 is 1.09 bits per heavy atom. The minimum absolute atomic E-state index is 0.237. The molecule has 190 valence electrons. The molecule has 0 atom stereocenters. The van der Waals surface area contributed by atoms with E-state index in [9.17, 15) is 0 Å². The lowest BCUT2D eigenvalue weighted by Gasteiger charge is -2.26. The molecule has 0 aromatic heterocycles. The van der Waals surface area contributed by atoms with E-state index >= 15 is 0 Å². The molecule has 0 unspecified atom stereocenters. The van der Waals surface area contributed by atoms with E-state index < -0.39 is 0 Å². The first-order chi connectivity index (χ1) is 16.4. The van der Waals surface area contributed by atoms with Crippen molar-refractivity contribution in [1.29, 1.82) is 5.41 Å². The largest absolute Gasteiger partial charge is 0.404 e. The van der Waals surface area contributed by atoms with Crippen LogP contribution in [0, 0.1) is 19.3 Å². The lowest BCUT2D eigenvalue weighted by Crippen LogP contribution is -2.10. The summed E-state index contributed by atoms with van der Waals surface area (Å²) in [5.41, 5.74) is 20.6. The predicted octanol–water partition coefficient (Wildman–Crippen LogP) is 7.67. The van der Waals surface area contributed by atoms with Gasteiger partial charge in [-0.25, -0.2) is 0 Å². The highest BCUT2D eigenvalue weighted by Crippen LogP contribution is 2.41. The van der Waals surface area contributed by atoms with Crippen molar-refractivity contribution in [2.75, 3.05) is 6.54 Å². The van der Waals surface area contributed by atoms with Gasteiger partial charge in [-0.1, -0.05) is 52.3 Å². The van der Waals surface area contributed by atoms with Gasteiger partial charge in [0.1, 0.15) is 0 Å². The van der Waals surface area contributed by atoms with Gasteiger partial charge < -0.3 is 16.9 Å². The third kappa shape index (κ3) is 9.42. The SMILES string of the molecule is CC.CCC/C=C(C1=C(c2c(C)ccc(C)c2C=N)CCCC1)\C(C=NC(C)C)=C\N.CCN. The van der Waals surface area contributed by atoms with Crippen molar-refractivity contribution in [1.82, 2.24) is 0 Å². The van der Waals surface area contributed by atoms with E-state index in [1.807, 2.05) is 27.0 Å². The van der Waals surface area contributed by atoms with E-state index in [0.29, 0.717) is 0 Å². The molecule has 4 heteroatoms. The van der Waals surface area contributed by atoms with Gasteiger partial charge in [0.05, 0.1) is 0 Å². The summed E-state index contributed by atoms with van der Waals surface area (Å²) in [6.45, 7) is 17.3. The van der Waals surface area contributed by atoms with Crippen LogP contribution in [0.25, 0.3) is 5.57 Å². The van der Waals surface area contributed by atoms with Crippen LogP contribution in [0.1, 0.15) is 102 Å². The molecule has 5 N–H and O–H groups in total. The van der Waals surface area contributed by atoms with Crippen LogP contribution in [0.2, 0.25) is 0 Å². The van der Waals surface area contributed by atoms with Gasteiger partial charge in [0, 0.05) is 35.8 Å². The number of hydrogen-bond donors (Lipinski definition) is 3. The van der Waals surface area contributed by atoms with Gasteiger partial charge in [0.15, 0.2) is 0 Å². The minimum Gasteiger partial charge on any atom is -0.404 e. The van der Waals surface area contributed by atoms with Crippen LogP contribution in [-0.2, 0) is 0 Å². The molecule has 0 heterocycles. The number of rotatable bonds is 8. The molecule has 0 saturated heterocycles. The topological polar surface area (TPSA) is 88.2 Å². The molecule has 34 heavy (non-hydrogen) atoms. The molecule has 0 bridgehead atoms. The number of nitrogens with two attached hydrogens (primary N) is 2. The summed E-state index contributed by atoms with van der Waals surface area (Å²) in [6.07, 6.45) is 14.1. The zero-order chi connectivity index (χ0) is 26.1. The van der Waals surface area contributed by atoms with E-state index in [-0.39, 0.29) is 6.04 Å². The van der Waals surface area contributed by atoms with Crippen LogP contribution in [0.5, 0.6) is 0 Å². The van der Waals surface area contributed by atoms with Gasteiger partial charge in [-0.15, -0.1) is 0 Å². The van der Waals surface area contributed by atoms with Gasteiger partial charge in [-0.05, 0) is 99.8 Å². The van der Waals surface area contributed by atoms with Crippen LogP contribution in [0.3, 0.4) is 0 Å². The molecule has 1 aliphatic rings. The van der Waals surface area contributed by atoms with Crippen molar-refractivity contribution in [3.05, 3.63) is 63.4 Å². The lowest BCUT2D eigenvalue weighted by molar-refractivity contribution is 0.718. The van der Waals surface area contributed by atoms with E-state index in [4.69, 9.17) is 16.9 Å². The number of nitrogens with one attached hydrogen (secondary N) is 1. The number of unbranched alkanes of at least 4 members (excludes halogenated alkanes) is 1. The highest BCUT2D eigenvalue weighted by atomic mass is 14.7. The Balaban J connectivity index is 0.00000201. The fraction of sp³-hybridized carbons (Fsp3) is 0.533. The molecule has 0 spiro atoms. The zero-order valence-electron chi connectivity index (χ0n) is 23.1. The molecule has 0 amide bonds. The van der Waals surface area contributed by atoms with Gasteiger partial charge in [-0.3, -0.25) is 4.99 Å². The molecular weight excluding hydrogens is 416 g/mol. The standard InChI is InChI=1S/C26H37N3.C2H7N.C2H6/c1-6-7-10-22(21(15-27)17-29-18(2)3)23-11-8-9-12-24(23)26-20(5)14-13-19(4)25(26)16-28;1-2-3;1-2/h10,13-18,28H,6-9,11-12,27H2,1-5H3;2-3H2,1H3;1-2H3/b21-15+,22-10+,28-16?,29-17?;;. The third-order valence-corrected chi connectivity index (χ3v) is 5.55. The molecule has 4 nitrogen and oxygen atoms in total. The van der Waals surface area contributed by atoms with Crippen molar-refractivity contribution in [3.63, 3.8) is 0 Å². The summed E-state index contributed by atoms with van der Waals surface area (Å²) in [4.78, 5) is 4.61. The molecule has 0 saturated carbocycles. The Morgan fingerprint density at radius 2 is 1.68 bits per heavy atom. The van der Waals surface area contributed by atoms with Crippen molar-refractivity contribution in [3.8, 4) is 0 Å². The molecule has 2 rings (SSSR count). The van der Waals surface area contributed by atoms with E-state index in [0.717, 1.165) is 48.9 Å². The molecule has 1 aromatic carbocycles. The molecule has 1 aromatic rings. The normalized spacial score (nSPS) is 14.5. The summed E-state index contributed by atoms with van der Waals surface area (Å²) in [6, 6.07) is 4.55. The maximum atomic E-state index is 8.04. The molecular formula is C30H50N4. The van der Waals surface area contributed by atoms with Gasteiger partial charge in [-0.2, -0.15) is 0 Å². The number of aliphatic imine (C=N–C) groups is 1. The second kappa shape index (κ2) is 17.9. The summed E-state index contributed by atoms with van der Waals surface area (Å²) < 4.78 is 0. The highest BCUT2D eigenvalue weighted by molar-refractivity contribution is 5.94. The Bertz CT molecular complexity index is 870. The minimum atomic E-state index is 0.237. The van der Waals surface area contributed by atoms with Crippen molar-refractivity contribution >= 4 is 18.0 Å². The quantitative estimate of drug-likeness (QED) is 0.271. The van der Waals surface area contributed by atoms with Crippen molar-refractivity contribution < 1.29 is 0 Å². The first kappa shape index (κ1) is 31.5. The molecule has 0 radical (unpaired) electrons. The van der Waals surface area contributed by atoms with Crippen molar-refractivity contribution in [2.45, 2.75) is 100.0 Å². The van der Waals surface area contributed by atoms with Crippen LogP contribution >= 0.6 is 0 Å². The summed E-state index contributed by atoms with van der Waals surface area (Å²) in [5, 5.41) is 8.04. The first-order valence-corrected chi connectivity index (χ1v) is 13.0. The molecule has 1 aliphatic carbocycles. The Kier molecular flexibility index (Phi) is 16.6. The van der Waals surface area contributed by atoms with Crippen LogP contribution in [0.15, 0.2) is 46.1 Å². The van der Waals surface area contributed by atoms with E-state index in [2.05, 4.69) is 57.8 Å². The monoisotopic (exact) mass is 466 g/mol. The number of benzene rings is 1. The summed E-state index contributed by atoms with van der Waals surface area (Å²) >= 11 is 0. The summed E-state index contributed by atoms with van der Waals surface area (Å²) in [7, 11) is 0. The lowest BCUT2D eigenvalue weighted by atomic mass is 9.78. The van der Waals surface area contributed by atoms with Crippen LogP contribution in [0.4, 0.5) is 0 Å². The average molecular weight is 467 g/mol. The molecule has 0 aliphatic heterocycles. The van der Waals surface area contributed by atoms with Crippen LogP contribution < -0.4 is 11.5 Å². The van der Waals surface area contributed by atoms with Gasteiger partial charge >= 0.3 is 0 Å². The van der Waals surface area contributed by atoms with E-state index in [1.54, 1.807) is 6.20 Å². The summed E-state index contributed by atoms with van der Waals surface area (Å²) in [5.74, 6) is 0. The first-order valence-electron chi connectivity index (χ1n) is 13.0. The third-order valence-electron chi connectivity index (χ3n) is 5.55. The Morgan fingerprint density at radius 3 is 2.21 bits per heavy atom. The maximum absolute atomic E-state index is 8.04. The number of hydrogen-bond acceptors (Lipinski definition) is 4. The number of aryl methyl sites for hydroxylation is 2. The van der Waals surface area contributed by atoms with Gasteiger partial charge in [0.2, 0.25) is 0 Å². The van der Waals surface area contributed by atoms with Gasteiger partial charge in [0.25, 0.3) is 0 Å². The van der Waals surface area contributed by atoms with E-state index in [1.165, 1.54) is 46.9 Å². The smallest absolute Gasteiger partial charge is 0.0443 e. The average Bonchev–Trinajstić information content (AvgIpc) is 2.84. The number of allylic oxidation sites excluding steroid dienone is 5. The highest BCUT2D eigenvalue weighted by Gasteiger charge is 2.22.